The normalized spacial score (nSPS) is 11.8. The van der Waals surface area contributed by atoms with E-state index in [1.807, 2.05) is 44.2 Å². The highest BCUT2D eigenvalue weighted by molar-refractivity contribution is 9.10. The lowest BCUT2D eigenvalue weighted by atomic mass is 10.0. The average molecular weight is 627 g/mol. The number of halogens is 4. The molecule has 196 valence electrons. The van der Waals surface area contributed by atoms with Gasteiger partial charge in [-0.05, 0) is 57.7 Å². The number of benzene rings is 3. The molecule has 0 unspecified atom stereocenters. The smallest absolute Gasteiger partial charge is 0.261 e. The molecule has 2 amide bonds. The lowest BCUT2D eigenvalue weighted by Crippen LogP contribution is -2.52. The highest BCUT2D eigenvalue weighted by atomic mass is 79.9. The average Bonchev–Trinajstić information content (AvgIpc) is 2.86. The van der Waals surface area contributed by atoms with E-state index in [1.165, 1.54) is 4.90 Å². The third kappa shape index (κ3) is 8.64. The predicted molar refractivity (Wildman–Crippen MR) is 153 cm³/mol. The maximum Gasteiger partial charge on any atom is 0.261 e. The molecule has 0 aliphatic carbocycles. The number of nitrogens with zero attached hydrogens (tertiary/aromatic N) is 1. The Labute approximate surface area is 241 Å². The van der Waals surface area contributed by atoms with Crippen LogP contribution in [0.4, 0.5) is 0 Å². The topological polar surface area (TPSA) is 58.6 Å². The van der Waals surface area contributed by atoms with E-state index in [2.05, 4.69) is 21.2 Å². The Bertz CT molecular complexity index is 1200. The van der Waals surface area contributed by atoms with E-state index >= 15 is 0 Å². The number of hydrogen-bond donors (Lipinski definition) is 1. The van der Waals surface area contributed by atoms with Crippen molar-refractivity contribution in [3.05, 3.63) is 97.4 Å². The highest BCUT2D eigenvalue weighted by Gasteiger charge is 2.31. The van der Waals surface area contributed by atoms with E-state index in [0.717, 1.165) is 5.56 Å². The van der Waals surface area contributed by atoms with Gasteiger partial charge in [0.15, 0.2) is 6.61 Å². The van der Waals surface area contributed by atoms with Crippen molar-refractivity contribution in [2.24, 2.45) is 5.92 Å². The highest BCUT2D eigenvalue weighted by Crippen LogP contribution is 2.29. The second-order valence-corrected chi connectivity index (χ2v) is 11.0. The van der Waals surface area contributed by atoms with Crippen molar-refractivity contribution in [1.82, 2.24) is 10.2 Å². The molecule has 0 spiro atoms. The third-order valence-electron chi connectivity index (χ3n) is 5.59. The molecular weight excluding hydrogens is 599 g/mol. The number of ether oxygens (including phenoxy) is 1. The number of carbonyl (C=O) groups is 2. The summed E-state index contributed by atoms with van der Waals surface area (Å²) in [5, 5.41) is 4.33. The summed E-state index contributed by atoms with van der Waals surface area (Å²) in [5.74, 6) is 0.0478. The molecule has 0 aromatic heterocycles. The first-order chi connectivity index (χ1) is 17.7. The largest absolute Gasteiger partial charge is 0.483 e. The van der Waals surface area contributed by atoms with Crippen LogP contribution in [0.15, 0.2) is 71.2 Å². The first-order valence-electron chi connectivity index (χ1n) is 11.8. The quantitative estimate of drug-likeness (QED) is 0.245. The van der Waals surface area contributed by atoms with Crippen LogP contribution in [0.3, 0.4) is 0 Å². The Morgan fingerprint density at radius 2 is 1.65 bits per heavy atom. The molecule has 5 nitrogen and oxygen atoms in total. The fourth-order valence-corrected chi connectivity index (χ4v) is 4.96. The molecule has 3 aromatic rings. The van der Waals surface area contributed by atoms with Gasteiger partial charge in [-0.15, -0.1) is 0 Å². The molecule has 9 heteroatoms. The van der Waals surface area contributed by atoms with Gasteiger partial charge in [0, 0.05) is 40.1 Å². The Morgan fingerprint density at radius 1 is 0.973 bits per heavy atom. The molecule has 3 rings (SSSR count). The fourth-order valence-electron chi connectivity index (χ4n) is 3.64. The lowest BCUT2D eigenvalue weighted by molar-refractivity contribution is -0.142. The van der Waals surface area contributed by atoms with Gasteiger partial charge in [-0.1, -0.05) is 85.0 Å². The Kier molecular flexibility index (Phi) is 11.1. The fraction of sp³-hybridized carbons (Fsp3) is 0.286. The number of carbonyl (C=O) groups excluding carboxylic acids is 2. The van der Waals surface area contributed by atoms with Crippen LogP contribution in [0, 0.1) is 5.92 Å². The van der Waals surface area contributed by atoms with Crippen LogP contribution in [-0.4, -0.2) is 35.9 Å². The van der Waals surface area contributed by atoms with Gasteiger partial charge in [-0.3, -0.25) is 9.59 Å². The molecule has 3 aromatic carbocycles. The number of rotatable bonds is 11. The first kappa shape index (κ1) is 29.3. The van der Waals surface area contributed by atoms with Crippen molar-refractivity contribution in [3.8, 4) is 5.75 Å². The first-order valence-corrected chi connectivity index (χ1v) is 13.7. The zero-order valence-electron chi connectivity index (χ0n) is 20.5. The van der Waals surface area contributed by atoms with Crippen LogP contribution in [-0.2, 0) is 22.6 Å². The predicted octanol–water partition coefficient (Wildman–Crippen LogP) is 7.20. The minimum absolute atomic E-state index is 0.0368. The van der Waals surface area contributed by atoms with Crippen molar-refractivity contribution >= 4 is 62.5 Å². The van der Waals surface area contributed by atoms with E-state index in [-0.39, 0.29) is 25.0 Å². The van der Waals surface area contributed by atoms with Crippen molar-refractivity contribution in [1.29, 1.82) is 0 Å². The van der Waals surface area contributed by atoms with Crippen molar-refractivity contribution in [3.63, 3.8) is 0 Å². The number of hydrogen-bond acceptors (Lipinski definition) is 3. The summed E-state index contributed by atoms with van der Waals surface area (Å²) >= 11 is 22.4. The summed E-state index contributed by atoms with van der Waals surface area (Å²) in [6, 6.07) is 18.9. The molecule has 0 aliphatic heterocycles. The standard InChI is InChI=1S/C28H28BrCl3N2O3/c1-18(2)15-33-28(36)25(13-19-7-4-3-5-8-19)34(16-21-23(31)9-6-10-24(21)32)27(35)17-37-26-12-11-20(30)14-22(26)29/h3-12,14,18,25H,13,15-17H2,1-2H3,(H,33,36)/t25-/m0/s1. The summed E-state index contributed by atoms with van der Waals surface area (Å²) in [5.41, 5.74) is 1.47. The second-order valence-electron chi connectivity index (χ2n) is 8.93. The van der Waals surface area contributed by atoms with Crippen LogP contribution < -0.4 is 10.1 Å². The SMILES string of the molecule is CC(C)CNC(=O)[C@H](Cc1ccccc1)N(Cc1c(Cl)cccc1Cl)C(=O)COc1ccc(Cl)cc1Br. The third-order valence-corrected chi connectivity index (χ3v) is 7.15. The van der Waals surface area contributed by atoms with Crippen molar-refractivity contribution < 1.29 is 14.3 Å². The second kappa shape index (κ2) is 14.1. The Hall–Kier alpha value is -2.25. The van der Waals surface area contributed by atoms with Gasteiger partial charge >= 0.3 is 0 Å². The van der Waals surface area contributed by atoms with Crippen LogP contribution in [0.25, 0.3) is 0 Å². The maximum absolute atomic E-state index is 13.7. The molecule has 1 N–H and O–H groups in total. The summed E-state index contributed by atoms with van der Waals surface area (Å²) in [7, 11) is 0. The van der Waals surface area contributed by atoms with Crippen LogP contribution in [0.1, 0.15) is 25.0 Å². The summed E-state index contributed by atoms with van der Waals surface area (Å²) < 4.78 is 6.43. The molecule has 0 radical (unpaired) electrons. The molecule has 0 fully saturated rings. The minimum atomic E-state index is -0.821. The lowest BCUT2D eigenvalue weighted by Gasteiger charge is -2.32. The van der Waals surface area contributed by atoms with E-state index in [1.54, 1.807) is 36.4 Å². The summed E-state index contributed by atoms with van der Waals surface area (Å²) in [6.07, 6.45) is 0.309. The molecule has 37 heavy (non-hydrogen) atoms. The van der Waals surface area contributed by atoms with Crippen LogP contribution in [0.5, 0.6) is 5.75 Å². The van der Waals surface area contributed by atoms with Gasteiger partial charge in [0.1, 0.15) is 11.8 Å². The van der Waals surface area contributed by atoms with Gasteiger partial charge in [-0.25, -0.2) is 0 Å². The molecule has 0 saturated carbocycles. The molecule has 0 heterocycles. The van der Waals surface area contributed by atoms with Gasteiger partial charge in [0.2, 0.25) is 5.91 Å². The Morgan fingerprint density at radius 3 is 2.27 bits per heavy atom. The van der Waals surface area contributed by atoms with Gasteiger partial charge < -0.3 is 15.0 Å². The van der Waals surface area contributed by atoms with E-state index in [9.17, 15) is 9.59 Å². The van der Waals surface area contributed by atoms with Crippen molar-refractivity contribution in [2.75, 3.05) is 13.2 Å². The van der Waals surface area contributed by atoms with Gasteiger partial charge in [0.05, 0.1) is 4.47 Å². The van der Waals surface area contributed by atoms with Crippen LogP contribution in [0.2, 0.25) is 15.1 Å². The van der Waals surface area contributed by atoms with Gasteiger partial charge in [-0.2, -0.15) is 0 Å². The van der Waals surface area contributed by atoms with Crippen molar-refractivity contribution in [2.45, 2.75) is 32.9 Å². The summed E-state index contributed by atoms with van der Waals surface area (Å²) in [6.45, 7) is 4.24. The van der Waals surface area contributed by atoms with Crippen LogP contribution >= 0.6 is 50.7 Å². The molecule has 0 saturated heterocycles. The molecule has 1 atom stereocenters. The van der Waals surface area contributed by atoms with E-state index in [0.29, 0.717) is 43.8 Å². The van der Waals surface area contributed by atoms with Gasteiger partial charge in [0.25, 0.3) is 5.91 Å². The number of nitrogens with one attached hydrogen (secondary N) is 1. The maximum atomic E-state index is 13.7. The summed E-state index contributed by atoms with van der Waals surface area (Å²) in [4.78, 5) is 28.7. The monoisotopic (exact) mass is 624 g/mol. The van der Waals surface area contributed by atoms with E-state index in [4.69, 9.17) is 39.5 Å². The Balaban J connectivity index is 1.96. The minimum Gasteiger partial charge on any atom is -0.483 e. The molecule has 0 bridgehead atoms. The van der Waals surface area contributed by atoms with E-state index < -0.39 is 11.9 Å². The zero-order valence-corrected chi connectivity index (χ0v) is 24.4. The number of amides is 2. The zero-order chi connectivity index (χ0) is 26.9. The molecule has 0 aliphatic rings. The molecular formula is C28H28BrCl3N2O3.